The zero-order chi connectivity index (χ0) is 20.6. The summed E-state index contributed by atoms with van der Waals surface area (Å²) in [4.78, 5) is 14.5. The number of hydrogen-bond donors (Lipinski definition) is 2. The first-order chi connectivity index (χ1) is 13.3. The quantitative estimate of drug-likeness (QED) is 0.590. The summed E-state index contributed by atoms with van der Waals surface area (Å²) in [6.07, 6.45) is 0.0325. The highest BCUT2D eigenvalue weighted by atomic mass is 32.2. The highest BCUT2D eigenvalue weighted by Crippen LogP contribution is 2.15. The summed E-state index contributed by atoms with van der Waals surface area (Å²) < 4.78 is 37.6. The lowest BCUT2D eigenvalue weighted by atomic mass is 10.2. The van der Waals surface area contributed by atoms with Gasteiger partial charge in [0.1, 0.15) is 5.75 Å². The van der Waals surface area contributed by atoms with Crippen LogP contribution in [0.1, 0.15) is 20.3 Å². The van der Waals surface area contributed by atoms with Crippen LogP contribution in [0.5, 0.6) is 5.75 Å². The lowest BCUT2D eigenvalue weighted by molar-refractivity contribution is -0.122. The molecule has 1 amide bonds. The van der Waals surface area contributed by atoms with Crippen molar-refractivity contribution in [2.24, 2.45) is 5.92 Å². The third kappa shape index (κ3) is 7.38. The Kier molecular flexibility index (Phi) is 8.68. The van der Waals surface area contributed by atoms with Crippen LogP contribution in [0.3, 0.4) is 0 Å². The first-order valence-corrected chi connectivity index (χ1v) is 11.0. The average Bonchev–Trinajstić information content (AvgIpc) is 2.66. The van der Waals surface area contributed by atoms with Gasteiger partial charge in [0.15, 0.2) is 0 Å². The molecule has 1 aromatic rings. The van der Waals surface area contributed by atoms with Gasteiger partial charge in [0.2, 0.25) is 15.9 Å². The molecule has 158 valence electrons. The number of nitrogens with zero attached hydrogens (tertiary/aromatic N) is 1. The third-order valence-electron chi connectivity index (χ3n) is 4.39. The van der Waals surface area contributed by atoms with Gasteiger partial charge in [-0.3, -0.25) is 9.69 Å². The van der Waals surface area contributed by atoms with E-state index in [-0.39, 0.29) is 29.9 Å². The number of amides is 1. The van der Waals surface area contributed by atoms with E-state index in [0.717, 1.165) is 19.6 Å². The molecule has 0 saturated carbocycles. The predicted octanol–water partition coefficient (Wildman–Crippen LogP) is 0.837. The normalized spacial score (nSPS) is 18.2. The Morgan fingerprint density at radius 1 is 1.32 bits per heavy atom. The molecule has 0 aliphatic carbocycles. The van der Waals surface area contributed by atoms with Gasteiger partial charge in [-0.2, -0.15) is 0 Å². The maximum Gasteiger partial charge on any atom is 0.240 e. The lowest BCUT2D eigenvalue weighted by Crippen LogP contribution is -2.48. The first-order valence-electron chi connectivity index (χ1n) is 9.54. The minimum absolute atomic E-state index is 0.0329. The molecule has 28 heavy (non-hydrogen) atoms. The fourth-order valence-electron chi connectivity index (χ4n) is 3.04. The van der Waals surface area contributed by atoms with Gasteiger partial charge in [-0.05, 0) is 30.2 Å². The van der Waals surface area contributed by atoms with E-state index in [2.05, 4.69) is 28.8 Å². The number of methoxy groups -OCH3 is 1. The van der Waals surface area contributed by atoms with E-state index in [0.29, 0.717) is 24.8 Å². The molecule has 1 saturated heterocycles. The molecule has 1 fully saturated rings. The summed E-state index contributed by atoms with van der Waals surface area (Å²) in [6, 6.07) is 6.08. The van der Waals surface area contributed by atoms with Crippen molar-refractivity contribution in [1.82, 2.24) is 14.9 Å². The van der Waals surface area contributed by atoms with Crippen LogP contribution >= 0.6 is 0 Å². The van der Waals surface area contributed by atoms with E-state index in [1.54, 1.807) is 12.1 Å². The van der Waals surface area contributed by atoms with E-state index in [1.165, 1.54) is 19.2 Å². The molecule has 1 aliphatic heterocycles. The van der Waals surface area contributed by atoms with Gasteiger partial charge in [0.25, 0.3) is 0 Å². The number of hydrogen-bond acceptors (Lipinski definition) is 6. The summed E-state index contributed by atoms with van der Waals surface area (Å²) in [7, 11) is -2.14. The molecule has 8 nitrogen and oxygen atoms in total. The van der Waals surface area contributed by atoms with Crippen molar-refractivity contribution < 1.29 is 22.7 Å². The van der Waals surface area contributed by atoms with Crippen molar-refractivity contribution in [3.63, 3.8) is 0 Å². The Bertz CT molecular complexity index is 722. The van der Waals surface area contributed by atoms with Crippen LogP contribution in [0, 0.1) is 5.92 Å². The van der Waals surface area contributed by atoms with Crippen molar-refractivity contribution in [2.75, 3.05) is 46.4 Å². The van der Waals surface area contributed by atoms with Gasteiger partial charge in [-0.15, -0.1) is 0 Å². The largest absolute Gasteiger partial charge is 0.497 e. The van der Waals surface area contributed by atoms with E-state index in [9.17, 15) is 13.2 Å². The maximum atomic E-state index is 12.2. The highest BCUT2D eigenvalue weighted by Gasteiger charge is 2.21. The molecular formula is C19H31N3O5S. The van der Waals surface area contributed by atoms with Gasteiger partial charge in [-0.25, -0.2) is 13.1 Å². The number of rotatable bonds is 10. The number of morpholine rings is 1. The third-order valence-corrected chi connectivity index (χ3v) is 5.86. The van der Waals surface area contributed by atoms with Gasteiger partial charge in [-0.1, -0.05) is 13.8 Å². The van der Waals surface area contributed by atoms with E-state index in [1.807, 2.05) is 0 Å². The van der Waals surface area contributed by atoms with Crippen molar-refractivity contribution in [3.8, 4) is 5.75 Å². The molecule has 1 heterocycles. The summed E-state index contributed by atoms with van der Waals surface area (Å²) in [5, 5.41) is 2.83. The van der Waals surface area contributed by atoms with E-state index >= 15 is 0 Å². The highest BCUT2D eigenvalue weighted by molar-refractivity contribution is 7.89. The first kappa shape index (κ1) is 22.6. The second-order valence-corrected chi connectivity index (χ2v) is 9.04. The summed E-state index contributed by atoms with van der Waals surface area (Å²) in [5.41, 5.74) is 0. The predicted molar refractivity (Wildman–Crippen MR) is 107 cm³/mol. The number of nitrogens with one attached hydrogen (secondary N) is 2. The summed E-state index contributed by atoms with van der Waals surface area (Å²) in [6.45, 7) is 8.20. The minimum atomic E-state index is -3.65. The fourth-order valence-corrected chi connectivity index (χ4v) is 4.07. The van der Waals surface area contributed by atoms with Crippen LogP contribution in [0.4, 0.5) is 0 Å². The standard InChI is InChI=1S/C19H31N3O5S/c1-15(2)13-22-10-11-27-17(14-22)12-20-19(23)8-9-21-28(24,25)18-6-4-16(26-3)5-7-18/h4-7,15,17,21H,8-14H2,1-3H3,(H,20,23). The Morgan fingerprint density at radius 2 is 2.04 bits per heavy atom. The Balaban J connectivity index is 1.70. The molecule has 0 aromatic heterocycles. The molecule has 1 atom stereocenters. The van der Waals surface area contributed by atoms with Gasteiger partial charge >= 0.3 is 0 Å². The fraction of sp³-hybridized carbons (Fsp3) is 0.632. The molecule has 9 heteroatoms. The van der Waals surface area contributed by atoms with Crippen LogP contribution in [0.25, 0.3) is 0 Å². The molecule has 1 aliphatic rings. The van der Waals surface area contributed by atoms with Crippen molar-refractivity contribution >= 4 is 15.9 Å². The number of benzene rings is 1. The van der Waals surface area contributed by atoms with Gasteiger partial charge < -0.3 is 14.8 Å². The number of carbonyl (C=O) groups is 1. The Hall–Kier alpha value is -1.68. The van der Waals surface area contributed by atoms with Crippen LogP contribution in [0.15, 0.2) is 29.2 Å². The van der Waals surface area contributed by atoms with Crippen LogP contribution in [0.2, 0.25) is 0 Å². The maximum absolute atomic E-state index is 12.2. The topological polar surface area (TPSA) is 97.0 Å². The minimum Gasteiger partial charge on any atom is -0.497 e. The molecule has 2 N–H and O–H groups in total. The lowest BCUT2D eigenvalue weighted by Gasteiger charge is -2.33. The summed E-state index contributed by atoms with van der Waals surface area (Å²) >= 11 is 0. The van der Waals surface area contributed by atoms with Gasteiger partial charge in [0.05, 0.1) is 24.7 Å². The smallest absolute Gasteiger partial charge is 0.240 e. The zero-order valence-corrected chi connectivity index (χ0v) is 17.6. The van der Waals surface area contributed by atoms with Crippen LogP contribution in [-0.2, 0) is 19.6 Å². The molecule has 2 rings (SSSR count). The number of carbonyl (C=O) groups excluding carboxylic acids is 1. The number of ether oxygens (including phenoxy) is 2. The van der Waals surface area contributed by atoms with Crippen molar-refractivity contribution in [2.45, 2.75) is 31.3 Å². The molecule has 0 radical (unpaired) electrons. The molecular weight excluding hydrogens is 382 g/mol. The average molecular weight is 414 g/mol. The molecule has 1 aromatic carbocycles. The molecule has 0 spiro atoms. The van der Waals surface area contributed by atoms with Crippen LogP contribution < -0.4 is 14.8 Å². The number of sulfonamides is 1. The Labute approximate surface area is 167 Å². The van der Waals surface area contributed by atoms with E-state index < -0.39 is 10.0 Å². The molecule has 0 bridgehead atoms. The Morgan fingerprint density at radius 3 is 2.68 bits per heavy atom. The SMILES string of the molecule is COc1ccc(S(=O)(=O)NCCC(=O)NCC2CN(CC(C)C)CCO2)cc1. The molecule has 1 unspecified atom stereocenters. The second-order valence-electron chi connectivity index (χ2n) is 7.27. The van der Waals surface area contributed by atoms with Gasteiger partial charge in [0, 0.05) is 39.1 Å². The zero-order valence-electron chi connectivity index (χ0n) is 16.8. The van der Waals surface area contributed by atoms with Crippen molar-refractivity contribution in [1.29, 1.82) is 0 Å². The van der Waals surface area contributed by atoms with Crippen LogP contribution in [-0.4, -0.2) is 71.8 Å². The summed E-state index contributed by atoms with van der Waals surface area (Å²) in [5.74, 6) is 0.962. The monoisotopic (exact) mass is 413 g/mol. The second kappa shape index (κ2) is 10.8. The van der Waals surface area contributed by atoms with Crippen molar-refractivity contribution in [3.05, 3.63) is 24.3 Å². The van der Waals surface area contributed by atoms with E-state index in [4.69, 9.17) is 9.47 Å².